The van der Waals surface area contributed by atoms with Gasteiger partial charge in [0.1, 0.15) is 19.3 Å². The Balaban J connectivity index is 5.19. The zero-order chi connectivity index (χ0) is 60.7. The van der Waals surface area contributed by atoms with Gasteiger partial charge in [-0.2, -0.15) is 0 Å². The molecule has 0 saturated carbocycles. The molecule has 3 atom stereocenters. The number of rotatable bonds is 62. The standard InChI is InChI=1S/C73H131N2O7P/c1-7-10-13-16-19-22-25-28-30-32-34-35-36-37-38-39-41-43-45-48-51-54-57-60-63-66-73(77)82-71(64-61-58-55-52-49-46-27-24-21-18-15-12-9-3)70(69-81-83(78,79)80-68-67-75(4,5)6)74-72(76)65-62-59-56-53-50-47-44-42-40-33-31-29-26-23-20-17-14-11-8-2/h19-20,22-23,28-31,34-35,40,42,47,50,61,64,70-71H,7-18,21,24-27,32-33,36-39,41,43-46,48-49,51-60,62-63,65-69H2,1-6H3,(H-,74,76,78,79)/p+1/b22-19-,23-20-,30-28-,31-29-,35-34-,42-40-,50-47-,64-61-. The summed E-state index contributed by atoms with van der Waals surface area (Å²) in [4.78, 5) is 37.9. The van der Waals surface area contributed by atoms with Gasteiger partial charge >= 0.3 is 13.8 Å². The molecule has 0 rings (SSSR count). The van der Waals surface area contributed by atoms with Crippen LogP contribution in [0.15, 0.2) is 97.2 Å². The van der Waals surface area contributed by atoms with Crippen molar-refractivity contribution < 1.29 is 37.3 Å². The average Bonchev–Trinajstić information content (AvgIpc) is 3.47. The molecule has 0 spiro atoms. The van der Waals surface area contributed by atoms with E-state index in [1.165, 1.54) is 173 Å². The van der Waals surface area contributed by atoms with Crippen LogP contribution >= 0.6 is 7.82 Å². The zero-order valence-corrected chi connectivity index (χ0v) is 55.8. The van der Waals surface area contributed by atoms with Crippen LogP contribution in [-0.2, 0) is 27.9 Å². The SMILES string of the molecule is CCCCC/C=C\C/C=C\C/C=C\C/C=C\CCCCCC(=O)NC(COP(=O)(O)OCC[N+](C)(C)C)C(/C=C\CCCCCCCCCCCCC)OC(=O)CCCCCCCCCCCCCC/C=C\C/C=C\C/C=C\CCCCC. The van der Waals surface area contributed by atoms with Gasteiger partial charge in [0.2, 0.25) is 5.91 Å². The number of carbonyl (C=O) groups excluding carboxylic acids is 2. The van der Waals surface area contributed by atoms with Crippen molar-refractivity contribution >= 4 is 19.7 Å². The minimum absolute atomic E-state index is 0.0299. The van der Waals surface area contributed by atoms with Gasteiger partial charge in [-0.3, -0.25) is 18.6 Å². The first-order valence-electron chi connectivity index (χ1n) is 34.6. The first kappa shape index (κ1) is 79.9. The molecule has 0 heterocycles. The summed E-state index contributed by atoms with van der Waals surface area (Å²) in [5.41, 5.74) is 0. The smallest absolute Gasteiger partial charge is 0.456 e. The molecule has 0 aliphatic rings. The van der Waals surface area contributed by atoms with Crippen LogP contribution in [0.1, 0.15) is 303 Å². The number of unbranched alkanes of at least 4 members (excludes halogenated alkanes) is 32. The van der Waals surface area contributed by atoms with Crippen molar-refractivity contribution in [3.63, 3.8) is 0 Å². The van der Waals surface area contributed by atoms with Gasteiger partial charge in [0.05, 0.1) is 33.8 Å². The number of quaternary nitrogens is 1. The normalized spacial score (nSPS) is 14.2. The number of hydrogen-bond acceptors (Lipinski definition) is 6. The Morgan fingerprint density at radius 3 is 1.13 bits per heavy atom. The maximum absolute atomic E-state index is 13.6. The molecule has 0 aromatic heterocycles. The number of phosphoric ester groups is 1. The maximum atomic E-state index is 13.6. The lowest BCUT2D eigenvalue weighted by Crippen LogP contribution is -2.47. The summed E-state index contributed by atoms with van der Waals surface area (Å²) in [6, 6.07) is -0.872. The minimum atomic E-state index is -4.47. The Morgan fingerprint density at radius 1 is 0.422 bits per heavy atom. The van der Waals surface area contributed by atoms with E-state index in [1.54, 1.807) is 0 Å². The number of esters is 1. The van der Waals surface area contributed by atoms with E-state index in [-0.39, 0.29) is 31.5 Å². The van der Waals surface area contributed by atoms with Crippen LogP contribution < -0.4 is 5.32 Å². The summed E-state index contributed by atoms with van der Waals surface area (Å²) in [6.07, 6.45) is 84.1. The third-order valence-electron chi connectivity index (χ3n) is 15.0. The van der Waals surface area contributed by atoms with E-state index in [9.17, 15) is 19.0 Å². The first-order chi connectivity index (χ1) is 40.4. The van der Waals surface area contributed by atoms with Gasteiger partial charge in [0.25, 0.3) is 0 Å². The molecule has 0 bridgehead atoms. The summed E-state index contributed by atoms with van der Waals surface area (Å²) < 4.78 is 30.8. The fraction of sp³-hybridized carbons (Fsp3) is 0.753. The number of nitrogens with zero attached hydrogens (tertiary/aromatic N) is 1. The van der Waals surface area contributed by atoms with Crippen LogP contribution in [0.2, 0.25) is 0 Å². The maximum Gasteiger partial charge on any atom is 0.472 e. The van der Waals surface area contributed by atoms with Gasteiger partial charge < -0.3 is 19.4 Å². The molecule has 83 heavy (non-hydrogen) atoms. The number of likely N-dealkylation sites (N-methyl/N-ethyl adjacent to an activating group) is 1. The van der Waals surface area contributed by atoms with Gasteiger partial charge in [0, 0.05) is 12.8 Å². The molecule has 9 nitrogen and oxygen atoms in total. The Kier molecular flexibility index (Phi) is 59.7. The van der Waals surface area contributed by atoms with Crippen molar-refractivity contribution in [3.05, 3.63) is 97.2 Å². The van der Waals surface area contributed by atoms with E-state index < -0.39 is 20.0 Å². The minimum Gasteiger partial charge on any atom is -0.456 e. The Morgan fingerprint density at radius 2 is 0.735 bits per heavy atom. The number of amides is 1. The number of nitrogens with one attached hydrogen (secondary N) is 1. The van der Waals surface area contributed by atoms with Crippen molar-refractivity contribution in [2.75, 3.05) is 40.9 Å². The summed E-state index contributed by atoms with van der Waals surface area (Å²) >= 11 is 0. The molecule has 2 N–H and O–H groups in total. The quantitative estimate of drug-likeness (QED) is 0.0205. The highest BCUT2D eigenvalue weighted by Crippen LogP contribution is 2.43. The van der Waals surface area contributed by atoms with Gasteiger partial charge in [-0.25, -0.2) is 4.57 Å². The number of phosphoric acid groups is 1. The molecule has 0 radical (unpaired) electrons. The van der Waals surface area contributed by atoms with Crippen LogP contribution in [0.25, 0.3) is 0 Å². The molecule has 0 saturated heterocycles. The summed E-state index contributed by atoms with van der Waals surface area (Å²) in [6.45, 7) is 6.95. The molecule has 3 unspecified atom stereocenters. The molecule has 0 aromatic rings. The molecule has 0 aromatic carbocycles. The summed E-state index contributed by atoms with van der Waals surface area (Å²) in [5, 5.41) is 3.05. The second kappa shape index (κ2) is 62.0. The number of carbonyl (C=O) groups is 2. The number of allylic oxidation sites excluding steroid dienone is 15. The Labute approximate surface area is 513 Å². The fourth-order valence-electron chi connectivity index (χ4n) is 9.64. The molecule has 0 aliphatic heterocycles. The lowest BCUT2D eigenvalue weighted by Gasteiger charge is -2.27. The average molecular weight is 1180 g/mol. The van der Waals surface area contributed by atoms with Crippen LogP contribution in [0.5, 0.6) is 0 Å². The van der Waals surface area contributed by atoms with Crippen molar-refractivity contribution in [3.8, 4) is 0 Å². The molecular weight excluding hydrogens is 1050 g/mol. The monoisotopic (exact) mass is 1180 g/mol. The van der Waals surface area contributed by atoms with Crippen molar-refractivity contribution in [2.45, 2.75) is 315 Å². The Hall–Kier alpha value is -3.07. The topological polar surface area (TPSA) is 111 Å². The van der Waals surface area contributed by atoms with E-state index in [0.717, 1.165) is 89.9 Å². The third-order valence-corrected chi connectivity index (χ3v) is 16.0. The summed E-state index contributed by atoms with van der Waals surface area (Å²) in [5.74, 6) is -0.540. The van der Waals surface area contributed by atoms with Crippen molar-refractivity contribution in [2.24, 2.45) is 0 Å². The van der Waals surface area contributed by atoms with E-state index in [1.807, 2.05) is 33.3 Å². The number of ether oxygens (including phenoxy) is 1. The van der Waals surface area contributed by atoms with Crippen molar-refractivity contribution in [1.82, 2.24) is 5.32 Å². The van der Waals surface area contributed by atoms with Gasteiger partial charge in [-0.05, 0) is 115 Å². The predicted molar refractivity (Wildman–Crippen MR) is 360 cm³/mol. The first-order valence-corrected chi connectivity index (χ1v) is 36.1. The lowest BCUT2D eigenvalue weighted by atomic mass is 10.0. The predicted octanol–water partition coefficient (Wildman–Crippen LogP) is 21.9. The zero-order valence-electron chi connectivity index (χ0n) is 54.9. The second-order valence-electron chi connectivity index (χ2n) is 24.3. The number of hydrogen-bond donors (Lipinski definition) is 2. The molecule has 10 heteroatoms. The van der Waals surface area contributed by atoms with Crippen molar-refractivity contribution in [1.29, 1.82) is 0 Å². The van der Waals surface area contributed by atoms with Crippen LogP contribution in [0, 0.1) is 0 Å². The fourth-order valence-corrected chi connectivity index (χ4v) is 10.4. The van der Waals surface area contributed by atoms with E-state index in [0.29, 0.717) is 23.9 Å². The lowest BCUT2D eigenvalue weighted by molar-refractivity contribution is -0.870. The van der Waals surface area contributed by atoms with Gasteiger partial charge in [-0.1, -0.05) is 272 Å². The molecule has 480 valence electrons. The third kappa shape index (κ3) is 63.3. The van der Waals surface area contributed by atoms with Gasteiger partial charge in [0.15, 0.2) is 0 Å². The van der Waals surface area contributed by atoms with E-state index >= 15 is 0 Å². The molecule has 0 aliphatic carbocycles. The molecule has 1 amide bonds. The second-order valence-corrected chi connectivity index (χ2v) is 25.8. The van der Waals surface area contributed by atoms with Crippen LogP contribution in [-0.4, -0.2) is 74.3 Å². The van der Waals surface area contributed by atoms with Crippen LogP contribution in [0.3, 0.4) is 0 Å². The Bertz CT molecular complexity index is 1740. The summed E-state index contributed by atoms with van der Waals surface area (Å²) in [7, 11) is 1.47. The van der Waals surface area contributed by atoms with Gasteiger partial charge in [-0.15, -0.1) is 0 Å². The van der Waals surface area contributed by atoms with Crippen LogP contribution in [0.4, 0.5) is 0 Å². The highest BCUT2D eigenvalue weighted by molar-refractivity contribution is 7.47. The molecular formula is C73H132N2O7P+. The highest BCUT2D eigenvalue weighted by atomic mass is 31.2. The largest absolute Gasteiger partial charge is 0.472 e. The van der Waals surface area contributed by atoms with E-state index in [4.69, 9.17) is 13.8 Å². The molecule has 0 fully saturated rings. The highest BCUT2D eigenvalue weighted by Gasteiger charge is 2.30. The van der Waals surface area contributed by atoms with E-state index in [2.05, 4.69) is 111 Å².